The van der Waals surface area contributed by atoms with Crippen molar-refractivity contribution < 1.29 is 52.5 Å². The molecule has 1 N–H and O–H groups in total. The summed E-state index contributed by atoms with van der Waals surface area (Å²) in [5, 5.41) is 9.86. The van der Waals surface area contributed by atoms with Gasteiger partial charge in [-0.3, -0.25) is 4.79 Å². The van der Waals surface area contributed by atoms with Gasteiger partial charge in [-0.2, -0.15) is 0 Å². The fourth-order valence-electron chi connectivity index (χ4n) is 4.99. The van der Waals surface area contributed by atoms with Gasteiger partial charge in [-0.25, -0.2) is 0 Å². The van der Waals surface area contributed by atoms with E-state index in [2.05, 4.69) is 0 Å². The summed E-state index contributed by atoms with van der Waals surface area (Å²) in [4.78, 5) is 11.5. The van der Waals surface area contributed by atoms with Crippen LogP contribution in [0.3, 0.4) is 0 Å². The van der Waals surface area contributed by atoms with Gasteiger partial charge >= 0.3 is 5.97 Å². The molecule has 0 bridgehead atoms. The molecular weight excluding hydrogens is 452 g/mol. The second-order valence-corrected chi connectivity index (χ2v) is 9.14. The van der Waals surface area contributed by atoms with Crippen LogP contribution >= 0.6 is 0 Å². The Kier molecular flexibility index (Phi) is 10.1. The Bertz CT molecular complexity index is 648. The van der Waals surface area contributed by atoms with Crippen LogP contribution in [0.15, 0.2) is 0 Å². The maximum Gasteiger partial charge on any atom is 0.303 e. The molecule has 3 aliphatic rings. The molecule has 0 aromatic rings. The van der Waals surface area contributed by atoms with E-state index in [1.807, 2.05) is 20.8 Å². The Morgan fingerprint density at radius 2 is 1.12 bits per heavy atom. The predicted molar refractivity (Wildman–Crippen MR) is 117 cm³/mol. The summed E-state index contributed by atoms with van der Waals surface area (Å²) >= 11 is 0. The van der Waals surface area contributed by atoms with Crippen molar-refractivity contribution in [3.8, 4) is 0 Å². The minimum atomic E-state index is -0.884. The molecule has 3 fully saturated rings. The molecule has 0 saturated carbocycles. The van der Waals surface area contributed by atoms with Gasteiger partial charge in [0.2, 0.25) is 0 Å². The van der Waals surface area contributed by atoms with Crippen molar-refractivity contribution in [2.24, 2.45) is 0 Å². The van der Waals surface area contributed by atoms with Gasteiger partial charge in [0, 0.05) is 47.5 Å². The summed E-state index contributed by atoms with van der Waals surface area (Å²) < 4.78 is 52.4. The number of ether oxygens (including phenoxy) is 9. The first-order valence-electron chi connectivity index (χ1n) is 11.9. The molecule has 0 aromatic carbocycles. The average Bonchev–Trinajstić information content (AvgIpc) is 2.78. The topological polar surface area (TPSA) is 120 Å². The van der Waals surface area contributed by atoms with Crippen molar-refractivity contribution in [1.82, 2.24) is 0 Å². The molecule has 11 nitrogen and oxygen atoms in total. The van der Waals surface area contributed by atoms with Gasteiger partial charge in [0.1, 0.15) is 18.3 Å². The summed E-state index contributed by atoms with van der Waals surface area (Å²) in [6.45, 7) is 6.92. The minimum absolute atomic E-state index is 0.314. The van der Waals surface area contributed by atoms with E-state index in [9.17, 15) is 9.90 Å². The molecule has 3 heterocycles. The summed E-state index contributed by atoms with van der Waals surface area (Å²) in [5.74, 6) is -0.385. The summed E-state index contributed by atoms with van der Waals surface area (Å²) in [5.41, 5.74) is 0. The molecule has 11 heteroatoms. The van der Waals surface area contributed by atoms with Gasteiger partial charge in [0.15, 0.2) is 25.0 Å². The van der Waals surface area contributed by atoms with Crippen molar-refractivity contribution in [1.29, 1.82) is 0 Å². The van der Waals surface area contributed by atoms with Gasteiger partial charge in [0.05, 0.1) is 30.5 Å². The van der Waals surface area contributed by atoms with Crippen molar-refractivity contribution in [2.45, 2.75) is 121 Å². The number of aliphatic hydroxyl groups excluding tert-OH is 1. The van der Waals surface area contributed by atoms with Crippen molar-refractivity contribution in [3.63, 3.8) is 0 Å². The van der Waals surface area contributed by atoms with Crippen molar-refractivity contribution in [2.75, 3.05) is 21.3 Å². The molecule has 3 saturated heterocycles. The number of carbonyl (C=O) groups is 1. The standard InChI is InChI=1S/C23H40O11/c1-11-22(15(26-5)8-18(25)29-11)33-20-10-17(28-7)23(13(3)31-20)34-19-9-16(27-6)21(12(2)30-19)32-14(4)24/h11-13,15-23,25H,8-10H2,1-7H3/t11-,12-,13-,15+,16+,17+,18-,19-,20-,21-,22-,23-/m0/s1. The SMILES string of the molecule is CO[C@@H]1C[C@H](O[C@H]2[C@H](C)O[C@@H](O[C@H]3[C@H](C)O[C@H](O)C[C@H]3OC)C[C@H]2OC)O[C@@H](C)[C@@H]1OC(C)=O. The number of hydrogen-bond donors (Lipinski definition) is 1. The van der Waals surface area contributed by atoms with E-state index in [0.29, 0.717) is 19.3 Å². The molecule has 12 atom stereocenters. The quantitative estimate of drug-likeness (QED) is 0.491. The first-order valence-corrected chi connectivity index (χ1v) is 11.9. The van der Waals surface area contributed by atoms with E-state index in [1.165, 1.54) is 6.92 Å². The molecule has 34 heavy (non-hydrogen) atoms. The van der Waals surface area contributed by atoms with Gasteiger partial charge in [-0.15, -0.1) is 0 Å². The Morgan fingerprint density at radius 1 is 0.706 bits per heavy atom. The smallest absolute Gasteiger partial charge is 0.303 e. The van der Waals surface area contributed by atoms with Crippen LogP contribution in [-0.2, 0) is 47.4 Å². The normalized spacial score (nSPS) is 45.6. The lowest BCUT2D eigenvalue weighted by molar-refractivity contribution is -0.334. The molecule has 3 aliphatic heterocycles. The Balaban J connectivity index is 1.61. The second-order valence-electron chi connectivity index (χ2n) is 9.14. The van der Waals surface area contributed by atoms with Crippen LogP contribution in [0.1, 0.15) is 47.0 Å². The fraction of sp³-hybridized carbons (Fsp3) is 0.957. The zero-order valence-electron chi connectivity index (χ0n) is 21.1. The van der Waals surface area contributed by atoms with Crippen LogP contribution in [0, 0.1) is 0 Å². The predicted octanol–water partition coefficient (Wildman–Crippen LogP) is 1.13. The summed E-state index contributed by atoms with van der Waals surface area (Å²) in [6, 6.07) is 0. The van der Waals surface area contributed by atoms with Gasteiger partial charge < -0.3 is 47.7 Å². The Labute approximate surface area is 201 Å². The summed E-state index contributed by atoms with van der Waals surface area (Å²) in [7, 11) is 4.78. The number of carbonyl (C=O) groups excluding carboxylic acids is 1. The van der Waals surface area contributed by atoms with Crippen molar-refractivity contribution in [3.05, 3.63) is 0 Å². The maximum absolute atomic E-state index is 11.5. The van der Waals surface area contributed by atoms with Crippen LogP contribution in [0.5, 0.6) is 0 Å². The summed E-state index contributed by atoms with van der Waals surface area (Å²) in [6.07, 6.45) is -4.32. The first-order chi connectivity index (χ1) is 16.2. The molecular formula is C23H40O11. The van der Waals surface area contributed by atoms with Crippen LogP contribution < -0.4 is 0 Å². The highest BCUT2D eigenvalue weighted by Crippen LogP contribution is 2.33. The van der Waals surface area contributed by atoms with E-state index in [4.69, 9.17) is 42.6 Å². The number of methoxy groups -OCH3 is 3. The van der Waals surface area contributed by atoms with E-state index >= 15 is 0 Å². The monoisotopic (exact) mass is 492 g/mol. The molecule has 0 aliphatic carbocycles. The first kappa shape index (κ1) is 27.7. The van der Waals surface area contributed by atoms with E-state index in [1.54, 1.807) is 21.3 Å². The Morgan fingerprint density at radius 3 is 1.59 bits per heavy atom. The van der Waals surface area contributed by atoms with Gasteiger partial charge in [-0.05, 0) is 20.8 Å². The molecule has 0 unspecified atom stereocenters. The fourth-order valence-corrected chi connectivity index (χ4v) is 4.99. The van der Waals surface area contributed by atoms with Crippen LogP contribution in [-0.4, -0.2) is 106 Å². The molecule has 0 radical (unpaired) electrons. The maximum atomic E-state index is 11.5. The van der Waals surface area contributed by atoms with E-state index in [0.717, 1.165) is 0 Å². The number of hydrogen-bond acceptors (Lipinski definition) is 11. The minimum Gasteiger partial charge on any atom is -0.457 e. The molecule has 0 aromatic heterocycles. The lowest BCUT2D eigenvalue weighted by Crippen LogP contribution is -2.57. The van der Waals surface area contributed by atoms with Crippen LogP contribution in [0.4, 0.5) is 0 Å². The number of rotatable bonds is 8. The molecule has 0 spiro atoms. The molecule has 0 amide bonds. The lowest BCUT2D eigenvalue weighted by Gasteiger charge is -2.45. The third-order valence-electron chi connectivity index (χ3n) is 6.70. The van der Waals surface area contributed by atoms with Crippen molar-refractivity contribution >= 4 is 5.97 Å². The zero-order chi connectivity index (χ0) is 25.0. The molecule has 3 rings (SSSR count). The van der Waals surface area contributed by atoms with Crippen LogP contribution in [0.2, 0.25) is 0 Å². The number of esters is 1. The van der Waals surface area contributed by atoms with Gasteiger partial charge in [0.25, 0.3) is 0 Å². The van der Waals surface area contributed by atoms with Gasteiger partial charge in [-0.1, -0.05) is 0 Å². The van der Waals surface area contributed by atoms with Crippen LogP contribution in [0.25, 0.3) is 0 Å². The number of aliphatic hydroxyl groups is 1. The Hall–Kier alpha value is -0.890. The highest BCUT2D eigenvalue weighted by Gasteiger charge is 2.46. The zero-order valence-corrected chi connectivity index (χ0v) is 21.1. The molecule has 198 valence electrons. The van der Waals surface area contributed by atoms with E-state index in [-0.39, 0.29) is 36.5 Å². The second kappa shape index (κ2) is 12.4. The lowest BCUT2D eigenvalue weighted by atomic mass is 9.99. The third-order valence-corrected chi connectivity index (χ3v) is 6.70. The largest absolute Gasteiger partial charge is 0.457 e. The highest BCUT2D eigenvalue weighted by atomic mass is 16.7. The third kappa shape index (κ3) is 6.65. The average molecular weight is 493 g/mol. The van der Waals surface area contributed by atoms with E-state index < -0.39 is 43.3 Å². The highest BCUT2D eigenvalue weighted by molar-refractivity contribution is 5.66.